The molecule has 1 N–H and O–H groups in total. The second-order valence-corrected chi connectivity index (χ2v) is 6.12. The normalized spacial score (nSPS) is 30.1. The number of rotatable bonds is 3. The molecule has 2 aliphatic heterocycles. The lowest BCUT2D eigenvalue weighted by Gasteiger charge is -2.37. The van der Waals surface area contributed by atoms with E-state index in [1.807, 2.05) is 7.05 Å². The number of benzene rings is 1. The molecule has 3 rings (SSSR count). The van der Waals surface area contributed by atoms with Crippen LogP contribution in [0.2, 0.25) is 0 Å². The number of likely N-dealkylation sites (tertiary alicyclic amines) is 1. The van der Waals surface area contributed by atoms with Crippen LogP contribution >= 0.6 is 0 Å². The third-order valence-electron chi connectivity index (χ3n) is 4.59. The lowest BCUT2D eigenvalue weighted by Crippen LogP contribution is -2.49. The summed E-state index contributed by atoms with van der Waals surface area (Å²) in [6.07, 6.45) is 2.18. The number of hydrogen-bond donors (Lipinski definition) is 1. The second kappa shape index (κ2) is 5.70. The van der Waals surface area contributed by atoms with Crippen LogP contribution in [-0.4, -0.2) is 43.7 Å². The van der Waals surface area contributed by atoms with Gasteiger partial charge in [-0.15, -0.1) is 0 Å². The molecular weight excluding hydrogens is 255 g/mol. The first-order chi connectivity index (χ1) is 9.65. The highest BCUT2D eigenvalue weighted by molar-refractivity contribution is 5.37. The maximum atomic E-state index is 13.2. The number of ether oxygens (including phenoxy) is 1. The summed E-state index contributed by atoms with van der Waals surface area (Å²) in [6.45, 7) is 5.46. The van der Waals surface area contributed by atoms with Crippen molar-refractivity contribution in [3.63, 3.8) is 0 Å². The highest BCUT2D eigenvalue weighted by Crippen LogP contribution is 2.30. The van der Waals surface area contributed by atoms with Crippen LogP contribution in [0.3, 0.4) is 0 Å². The molecular formula is C16H23FN2O. The highest BCUT2D eigenvalue weighted by Gasteiger charge is 2.29. The molecule has 1 fully saturated rings. The molecule has 1 aromatic carbocycles. The smallest absolute Gasteiger partial charge is 0.123 e. The summed E-state index contributed by atoms with van der Waals surface area (Å²) in [5.41, 5.74) is 1.01. The van der Waals surface area contributed by atoms with Gasteiger partial charge in [-0.25, -0.2) is 4.39 Å². The standard InChI is InChI=1S/C16H23FN2O/c1-11-9-19(6-5-15(11)18-2)10-14-8-12-7-13(17)3-4-16(12)20-14/h3-4,7,11,14-15,18H,5-6,8-10H2,1-2H3. The maximum absolute atomic E-state index is 13.2. The third-order valence-corrected chi connectivity index (χ3v) is 4.59. The summed E-state index contributed by atoms with van der Waals surface area (Å²) in [5, 5.41) is 3.39. The van der Waals surface area contributed by atoms with Gasteiger partial charge in [0.15, 0.2) is 0 Å². The zero-order valence-corrected chi connectivity index (χ0v) is 12.2. The van der Waals surface area contributed by atoms with Crippen molar-refractivity contribution in [3.05, 3.63) is 29.6 Å². The molecule has 4 heteroatoms. The van der Waals surface area contributed by atoms with Crippen molar-refractivity contribution in [3.8, 4) is 5.75 Å². The van der Waals surface area contributed by atoms with Gasteiger partial charge in [0.1, 0.15) is 17.7 Å². The Bertz CT molecular complexity index is 480. The van der Waals surface area contributed by atoms with E-state index in [0.717, 1.165) is 37.4 Å². The molecule has 2 heterocycles. The van der Waals surface area contributed by atoms with Crippen LogP contribution in [0.15, 0.2) is 18.2 Å². The van der Waals surface area contributed by atoms with Gasteiger partial charge in [-0.05, 0) is 44.1 Å². The van der Waals surface area contributed by atoms with Gasteiger partial charge in [-0.3, -0.25) is 4.90 Å². The van der Waals surface area contributed by atoms with Crippen molar-refractivity contribution in [2.45, 2.75) is 31.9 Å². The van der Waals surface area contributed by atoms with Crippen LogP contribution in [0.5, 0.6) is 5.75 Å². The predicted octanol–water partition coefficient (Wildman–Crippen LogP) is 2.06. The van der Waals surface area contributed by atoms with Crippen LogP contribution in [0.4, 0.5) is 4.39 Å². The summed E-state index contributed by atoms with van der Waals surface area (Å²) in [5.74, 6) is 1.35. The number of fused-ring (bicyclic) bond motifs is 1. The quantitative estimate of drug-likeness (QED) is 0.916. The minimum Gasteiger partial charge on any atom is -0.488 e. The van der Waals surface area contributed by atoms with Crippen LogP contribution in [0.1, 0.15) is 18.9 Å². The molecule has 0 bridgehead atoms. The van der Waals surface area contributed by atoms with Gasteiger partial charge in [0.2, 0.25) is 0 Å². The summed E-state index contributed by atoms with van der Waals surface area (Å²) in [6, 6.07) is 5.45. The molecule has 0 radical (unpaired) electrons. The van der Waals surface area contributed by atoms with E-state index in [9.17, 15) is 4.39 Å². The van der Waals surface area contributed by atoms with Gasteiger partial charge in [0.25, 0.3) is 0 Å². The lowest BCUT2D eigenvalue weighted by atomic mass is 9.93. The zero-order valence-electron chi connectivity index (χ0n) is 12.2. The predicted molar refractivity (Wildman–Crippen MR) is 77.6 cm³/mol. The number of piperidine rings is 1. The Morgan fingerprint density at radius 3 is 3.05 bits per heavy atom. The van der Waals surface area contributed by atoms with E-state index in [4.69, 9.17) is 4.74 Å². The van der Waals surface area contributed by atoms with Crippen LogP contribution in [0, 0.1) is 11.7 Å². The molecule has 3 atom stereocenters. The molecule has 1 saturated heterocycles. The third kappa shape index (κ3) is 2.81. The van der Waals surface area contributed by atoms with Crippen LogP contribution in [0.25, 0.3) is 0 Å². The Labute approximate surface area is 120 Å². The maximum Gasteiger partial charge on any atom is 0.123 e. The van der Waals surface area contributed by atoms with Crippen molar-refractivity contribution in [1.82, 2.24) is 10.2 Å². The number of halogens is 1. The zero-order chi connectivity index (χ0) is 14.1. The van der Waals surface area contributed by atoms with E-state index in [0.29, 0.717) is 12.0 Å². The van der Waals surface area contributed by atoms with Gasteiger partial charge < -0.3 is 10.1 Å². The average molecular weight is 278 g/mol. The van der Waals surface area contributed by atoms with Gasteiger partial charge >= 0.3 is 0 Å². The summed E-state index contributed by atoms with van der Waals surface area (Å²) in [7, 11) is 2.04. The fourth-order valence-corrected chi connectivity index (χ4v) is 3.51. The number of nitrogens with zero attached hydrogens (tertiary/aromatic N) is 1. The highest BCUT2D eigenvalue weighted by atomic mass is 19.1. The second-order valence-electron chi connectivity index (χ2n) is 6.12. The Hall–Kier alpha value is -1.13. The monoisotopic (exact) mass is 278 g/mol. The first-order valence-corrected chi connectivity index (χ1v) is 7.50. The van der Waals surface area contributed by atoms with Crippen molar-refractivity contribution in [2.75, 3.05) is 26.7 Å². The topological polar surface area (TPSA) is 24.5 Å². The van der Waals surface area contributed by atoms with Crippen molar-refractivity contribution >= 4 is 0 Å². The first-order valence-electron chi connectivity index (χ1n) is 7.50. The molecule has 0 spiro atoms. The van der Waals surface area contributed by atoms with Crippen molar-refractivity contribution in [2.24, 2.45) is 5.92 Å². The van der Waals surface area contributed by atoms with E-state index in [1.54, 1.807) is 12.1 Å². The summed E-state index contributed by atoms with van der Waals surface area (Å²) < 4.78 is 19.1. The molecule has 1 aromatic rings. The van der Waals surface area contributed by atoms with Gasteiger partial charge in [0.05, 0.1) is 0 Å². The van der Waals surface area contributed by atoms with Crippen molar-refractivity contribution < 1.29 is 9.13 Å². The molecule has 110 valence electrons. The molecule has 0 aliphatic carbocycles. The van der Waals surface area contributed by atoms with Gasteiger partial charge in [-0.1, -0.05) is 6.92 Å². The minimum atomic E-state index is -0.170. The largest absolute Gasteiger partial charge is 0.488 e. The summed E-state index contributed by atoms with van der Waals surface area (Å²) in [4.78, 5) is 2.48. The Morgan fingerprint density at radius 1 is 1.45 bits per heavy atom. The van der Waals surface area contributed by atoms with E-state index >= 15 is 0 Å². The molecule has 0 amide bonds. The van der Waals surface area contributed by atoms with E-state index in [-0.39, 0.29) is 11.9 Å². The van der Waals surface area contributed by atoms with E-state index in [1.165, 1.54) is 12.5 Å². The van der Waals surface area contributed by atoms with Crippen molar-refractivity contribution in [1.29, 1.82) is 0 Å². The van der Waals surface area contributed by atoms with Gasteiger partial charge in [0, 0.05) is 31.1 Å². The summed E-state index contributed by atoms with van der Waals surface area (Å²) >= 11 is 0. The lowest BCUT2D eigenvalue weighted by molar-refractivity contribution is 0.0995. The molecule has 20 heavy (non-hydrogen) atoms. The fourth-order valence-electron chi connectivity index (χ4n) is 3.51. The SMILES string of the molecule is CNC1CCN(CC2Cc3cc(F)ccc3O2)CC1C. The van der Waals surface area contributed by atoms with Crippen LogP contribution < -0.4 is 10.1 Å². The Balaban J connectivity index is 1.56. The Kier molecular flexibility index (Phi) is 3.94. The molecule has 3 unspecified atom stereocenters. The molecule has 3 nitrogen and oxygen atoms in total. The molecule has 0 saturated carbocycles. The minimum absolute atomic E-state index is 0.170. The van der Waals surface area contributed by atoms with Crippen LogP contribution in [-0.2, 0) is 6.42 Å². The fraction of sp³-hybridized carbons (Fsp3) is 0.625. The molecule has 2 aliphatic rings. The number of nitrogens with one attached hydrogen (secondary N) is 1. The molecule has 0 aromatic heterocycles. The Morgan fingerprint density at radius 2 is 2.30 bits per heavy atom. The van der Waals surface area contributed by atoms with E-state index in [2.05, 4.69) is 17.1 Å². The first kappa shape index (κ1) is 13.8. The average Bonchev–Trinajstić information content (AvgIpc) is 2.80. The number of hydrogen-bond acceptors (Lipinski definition) is 3. The van der Waals surface area contributed by atoms with E-state index < -0.39 is 0 Å². The van der Waals surface area contributed by atoms with Gasteiger partial charge in [-0.2, -0.15) is 0 Å².